The van der Waals surface area contributed by atoms with E-state index in [1.807, 2.05) is 18.2 Å². The molecule has 0 bridgehead atoms. The molecule has 0 amide bonds. The maximum atomic E-state index is 6.18. The number of aromatic nitrogens is 3. The van der Waals surface area contributed by atoms with Crippen molar-refractivity contribution < 1.29 is 4.42 Å². The Morgan fingerprint density at radius 2 is 1.38 bits per heavy atom. The Balaban J connectivity index is 1.80. The van der Waals surface area contributed by atoms with Gasteiger partial charge < -0.3 is 4.42 Å². The van der Waals surface area contributed by atoms with Gasteiger partial charge in [-0.15, -0.1) is 0 Å². The van der Waals surface area contributed by atoms with Gasteiger partial charge >= 0.3 is 0 Å². The van der Waals surface area contributed by atoms with E-state index in [2.05, 4.69) is 69.5 Å². The van der Waals surface area contributed by atoms with Crippen molar-refractivity contribution in [1.82, 2.24) is 13.8 Å². The first-order chi connectivity index (χ1) is 14.4. The Morgan fingerprint density at radius 3 is 2.38 bits per heavy atom. The standard InChI is InChI=1S/C25H13N3O/c1-4-11-20-16(6-1)22-21(29-20)13-12-15-14-7-5-10-19-23(14)28(24(15)22)25-26-17-8-2-3-9-18(17)27(19)25/h1-13H. The van der Waals surface area contributed by atoms with E-state index in [9.17, 15) is 0 Å². The molecule has 0 radical (unpaired) electrons. The van der Waals surface area contributed by atoms with Gasteiger partial charge in [0.25, 0.3) is 0 Å². The minimum absolute atomic E-state index is 0.911. The van der Waals surface area contributed by atoms with Gasteiger partial charge in [-0.25, -0.2) is 4.98 Å². The van der Waals surface area contributed by atoms with Crippen molar-refractivity contribution in [3.63, 3.8) is 0 Å². The van der Waals surface area contributed by atoms with Crippen LogP contribution >= 0.6 is 0 Å². The lowest BCUT2D eigenvalue weighted by molar-refractivity contribution is 0.669. The highest BCUT2D eigenvalue weighted by Gasteiger charge is 2.23. The van der Waals surface area contributed by atoms with Crippen LogP contribution in [0.1, 0.15) is 0 Å². The average Bonchev–Trinajstić information content (AvgIpc) is 3.48. The Morgan fingerprint density at radius 1 is 0.586 bits per heavy atom. The molecule has 0 aliphatic rings. The second kappa shape index (κ2) is 4.50. The second-order valence-electron chi connectivity index (χ2n) is 7.68. The van der Waals surface area contributed by atoms with Crippen LogP contribution in [0.25, 0.3) is 66.1 Å². The van der Waals surface area contributed by atoms with Gasteiger partial charge in [0.2, 0.25) is 5.78 Å². The molecule has 4 aromatic carbocycles. The van der Waals surface area contributed by atoms with E-state index in [0.717, 1.165) is 38.7 Å². The van der Waals surface area contributed by atoms with Gasteiger partial charge in [-0.1, -0.05) is 42.5 Å². The van der Waals surface area contributed by atoms with Crippen molar-refractivity contribution in [2.45, 2.75) is 0 Å². The van der Waals surface area contributed by atoms with Gasteiger partial charge in [0.05, 0.1) is 33.0 Å². The summed E-state index contributed by atoms with van der Waals surface area (Å²) in [6.07, 6.45) is 0. The molecule has 0 aliphatic heterocycles. The summed E-state index contributed by atoms with van der Waals surface area (Å²) in [5, 5.41) is 4.78. The number of furan rings is 1. The van der Waals surface area contributed by atoms with E-state index >= 15 is 0 Å². The van der Waals surface area contributed by atoms with Crippen molar-refractivity contribution in [2.75, 3.05) is 0 Å². The smallest absolute Gasteiger partial charge is 0.220 e. The summed E-state index contributed by atoms with van der Waals surface area (Å²) in [6.45, 7) is 0. The topological polar surface area (TPSA) is 34.9 Å². The Hall–Kier alpha value is -4.05. The average molecular weight is 371 g/mol. The molecule has 4 heterocycles. The number of imidazole rings is 2. The second-order valence-corrected chi connectivity index (χ2v) is 7.68. The van der Waals surface area contributed by atoms with Crippen molar-refractivity contribution in [1.29, 1.82) is 0 Å². The monoisotopic (exact) mass is 371 g/mol. The minimum Gasteiger partial charge on any atom is -0.456 e. The molecule has 0 aliphatic carbocycles. The largest absolute Gasteiger partial charge is 0.456 e. The van der Waals surface area contributed by atoms with Gasteiger partial charge in [0.15, 0.2) is 0 Å². The molecule has 134 valence electrons. The highest BCUT2D eigenvalue weighted by atomic mass is 16.3. The van der Waals surface area contributed by atoms with E-state index in [-0.39, 0.29) is 0 Å². The molecule has 0 atom stereocenters. The van der Waals surface area contributed by atoms with Crippen LogP contribution < -0.4 is 0 Å². The fourth-order valence-electron chi connectivity index (χ4n) is 5.12. The van der Waals surface area contributed by atoms with Gasteiger partial charge in [0.1, 0.15) is 11.2 Å². The van der Waals surface area contributed by atoms with Crippen LogP contribution in [0.3, 0.4) is 0 Å². The molecule has 0 N–H and O–H groups in total. The van der Waals surface area contributed by atoms with Crippen LogP contribution in [0.5, 0.6) is 0 Å². The summed E-state index contributed by atoms with van der Waals surface area (Å²) < 4.78 is 10.8. The third-order valence-corrected chi connectivity index (χ3v) is 6.25. The first-order valence-corrected chi connectivity index (χ1v) is 9.76. The highest BCUT2D eigenvalue weighted by molar-refractivity contribution is 6.26. The summed E-state index contributed by atoms with van der Waals surface area (Å²) >= 11 is 0. The van der Waals surface area contributed by atoms with E-state index in [4.69, 9.17) is 9.40 Å². The molecule has 0 unspecified atom stereocenters. The summed E-state index contributed by atoms with van der Waals surface area (Å²) in [6, 6.07) is 27.4. The molecule has 4 nitrogen and oxygen atoms in total. The number of nitrogens with zero attached hydrogens (tertiary/aromatic N) is 3. The van der Waals surface area contributed by atoms with Crippen molar-refractivity contribution in [3.8, 4) is 0 Å². The molecule has 0 saturated heterocycles. The highest BCUT2D eigenvalue weighted by Crippen LogP contribution is 2.42. The summed E-state index contributed by atoms with van der Waals surface area (Å²) in [5.74, 6) is 0.949. The third kappa shape index (κ3) is 1.46. The van der Waals surface area contributed by atoms with Crippen LogP contribution in [-0.4, -0.2) is 13.8 Å². The fourth-order valence-corrected chi connectivity index (χ4v) is 5.12. The summed E-state index contributed by atoms with van der Waals surface area (Å²) in [5.41, 5.74) is 7.54. The molecule has 4 aromatic heterocycles. The maximum Gasteiger partial charge on any atom is 0.220 e. The molecule has 8 rings (SSSR count). The van der Waals surface area contributed by atoms with Gasteiger partial charge in [-0.05, 0) is 36.4 Å². The van der Waals surface area contributed by atoms with E-state index in [1.165, 1.54) is 27.3 Å². The normalized spacial score (nSPS) is 12.8. The van der Waals surface area contributed by atoms with Crippen LogP contribution in [-0.2, 0) is 0 Å². The van der Waals surface area contributed by atoms with Crippen molar-refractivity contribution >= 4 is 66.1 Å². The van der Waals surface area contributed by atoms with E-state index in [1.54, 1.807) is 0 Å². The van der Waals surface area contributed by atoms with Crippen molar-refractivity contribution in [3.05, 3.63) is 78.9 Å². The number of fused-ring (bicyclic) bond motifs is 12. The molecule has 0 fully saturated rings. The molecular formula is C25H13N3O. The summed E-state index contributed by atoms with van der Waals surface area (Å²) in [4.78, 5) is 5.02. The zero-order valence-corrected chi connectivity index (χ0v) is 15.3. The van der Waals surface area contributed by atoms with Gasteiger partial charge in [-0.2, -0.15) is 0 Å². The SMILES string of the molecule is c1ccc2c(c1)nc1n2c2cccc3c4ccc5oc6ccccc6c5c4n1c32. The molecule has 29 heavy (non-hydrogen) atoms. The quantitative estimate of drug-likeness (QED) is 0.310. The first kappa shape index (κ1) is 14.0. The predicted molar refractivity (Wildman–Crippen MR) is 117 cm³/mol. The third-order valence-electron chi connectivity index (χ3n) is 6.25. The van der Waals surface area contributed by atoms with Crippen LogP contribution in [0.4, 0.5) is 0 Å². The predicted octanol–water partition coefficient (Wildman–Crippen LogP) is 6.38. The Labute approximate surface area is 163 Å². The molecular weight excluding hydrogens is 358 g/mol. The first-order valence-electron chi connectivity index (χ1n) is 9.76. The lowest BCUT2D eigenvalue weighted by Gasteiger charge is -1.97. The van der Waals surface area contributed by atoms with Crippen LogP contribution in [0.15, 0.2) is 83.3 Å². The summed E-state index contributed by atoms with van der Waals surface area (Å²) in [7, 11) is 0. The van der Waals surface area contributed by atoms with Gasteiger partial charge in [-0.3, -0.25) is 8.80 Å². The zero-order chi connectivity index (χ0) is 18.7. The number of benzene rings is 4. The Kier molecular flexibility index (Phi) is 2.18. The zero-order valence-electron chi connectivity index (χ0n) is 15.3. The fraction of sp³-hybridized carbons (Fsp3) is 0. The molecule has 0 spiro atoms. The van der Waals surface area contributed by atoms with Crippen LogP contribution in [0, 0.1) is 0 Å². The number of hydrogen-bond acceptors (Lipinski definition) is 2. The van der Waals surface area contributed by atoms with Gasteiger partial charge in [0, 0.05) is 16.2 Å². The Bertz CT molecular complexity index is 1920. The minimum atomic E-state index is 0.911. The maximum absolute atomic E-state index is 6.18. The number of hydrogen-bond donors (Lipinski definition) is 0. The van der Waals surface area contributed by atoms with Crippen molar-refractivity contribution in [2.24, 2.45) is 0 Å². The van der Waals surface area contributed by atoms with Crippen LogP contribution in [0.2, 0.25) is 0 Å². The molecule has 8 aromatic rings. The number of rotatable bonds is 0. The lowest BCUT2D eigenvalue weighted by atomic mass is 10.1. The molecule has 4 heteroatoms. The molecule has 0 saturated carbocycles. The van der Waals surface area contributed by atoms with E-state index in [0.29, 0.717) is 0 Å². The van der Waals surface area contributed by atoms with E-state index < -0.39 is 0 Å². The number of para-hydroxylation sites is 4. The lowest BCUT2D eigenvalue weighted by Crippen LogP contribution is -1.85.